The fourth-order valence-corrected chi connectivity index (χ4v) is 4.24. The number of hydrogen-bond donors (Lipinski definition) is 1. The molecule has 0 aliphatic carbocycles. The summed E-state index contributed by atoms with van der Waals surface area (Å²) in [4.78, 5) is 13.0. The van der Waals surface area contributed by atoms with E-state index in [9.17, 15) is 13.2 Å². The quantitative estimate of drug-likeness (QED) is 0.864. The van der Waals surface area contributed by atoms with Crippen molar-refractivity contribution in [2.75, 3.05) is 18.8 Å². The van der Waals surface area contributed by atoms with E-state index in [1.54, 1.807) is 29.2 Å². The van der Waals surface area contributed by atoms with E-state index in [1.165, 1.54) is 0 Å². The van der Waals surface area contributed by atoms with Gasteiger partial charge in [0.25, 0.3) is 0 Å². The lowest BCUT2D eigenvalue weighted by molar-refractivity contribution is -0.142. The smallest absolute Gasteiger partial charge is 0.320 e. The lowest BCUT2D eigenvalue weighted by atomic mass is 10.2. The maximum atomic E-state index is 12.2. The first-order chi connectivity index (χ1) is 9.40. The second kappa shape index (κ2) is 6.24. The Morgan fingerprint density at radius 2 is 2.20 bits per heavy atom. The van der Waals surface area contributed by atoms with Gasteiger partial charge in [-0.25, -0.2) is 8.42 Å². The molecule has 5 nitrogen and oxygen atoms in total. The van der Waals surface area contributed by atoms with E-state index < -0.39 is 21.8 Å². The summed E-state index contributed by atoms with van der Waals surface area (Å²) in [7, 11) is -3.38. The van der Waals surface area contributed by atoms with Gasteiger partial charge in [-0.1, -0.05) is 22.0 Å². The van der Waals surface area contributed by atoms with Gasteiger partial charge < -0.3 is 5.11 Å². The molecule has 1 N–H and O–H groups in total. The fourth-order valence-electron chi connectivity index (χ4n) is 2.39. The Morgan fingerprint density at radius 1 is 1.45 bits per heavy atom. The molecule has 0 saturated carbocycles. The van der Waals surface area contributed by atoms with Crippen LogP contribution in [0.15, 0.2) is 33.6 Å². The molecule has 2 rings (SSSR count). The summed E-state index contributed by atoms with van der Waals surface area (Å²) in [5.74, 6) is -0.935. The van der Waals surface area contributed by atoms with Crippen molar-refractivity contribution in [3.8, 4) is 0 Å². The van der Waals surface area contributed by atoms with Gasteiger partial charge in [0.15, 0.2) is 9.84 Å². The molecule has 0 aromatic heterocycles. The molecular formula is C13H16BrNO4S. The van der Waals surface area contributed by atoms with Crippen molar-refractivity contribution in [2.45, 2.75) is 23.8 Å². The molecule has 7 heteroatoms. The summed E-state index contributed by atoms with van der Waals surface area (Å²) in [5.41, 5.74) is 0. The molecule has 1 atom stereocenters. The summed E-state index contributed by atoms with van der Waals surface area (Å²) in [6, 6.07) is 6.01. The second-order valence-corrected chi connectivity index (χ2v) is 7.83. The van der Waals surface area contributed by atoms with Crippen LogP contribution in [-0.2, 0) is 14.6 Å². The van der Waals surface area contributed by atoms with Crippen LogP contribution in [0.4, 0.5) is 0 Å². The first-order valence-electron chi connectivity index (χ1n) is 6.35. The average molecular weight is 362 g/mol. The summed E-state index contributed by atoms with van der Waals surface area (Å²) < 4.78 is 25.2. The standard InChI is InChI=1S/C13H16BrNO4S/c14-10-3-1-4-11(9-10)20(18,19)8-7-15-6-2-5-12(15)13(16)17/h1,3-4,9,12H,2,5-8H2,(H,16,17)/t12-/m1/s1. The molecule has 0 spiro atoms. The van der Waals surface area contributed by atoms with Crippen molar-refractivity contribution in [3.63, 3.8) is 0 Å². The number of nitrogens with zero attached hydrogens (tertiary/aromatic N) is 1. The number of likely N-dealkylation sites (tertiary alicyclic amines) is 1. The third-order valence-corrected chi connectivity index (χ3v) is 5.64. The van der Waals surface area contributed by atoms with Crippen LogP contribution in [0.3, 0.4) is 0 Å². The zero-order valence-electron chi connectivity index (χ0n) is 10.8. The zero-order chi connectivity index (χ0) is 14.8. The average Bonchev–Trinajstić information content (AvgIpc) is 2.85. The van der Waals surface area contributed by atoms with Crippen LogP contribution in [0.2, 0.25) is 0 Å². The Bertz CT molecular complexity index is 602. The first-order valence-corrected chi connectivity index (χ1v) is 8.80. The lowest BCUT2D eigenvalue weighted by Crippen LogP contribution is -2.38. The van der Waals surface area contributed by atoms with E-state index >= 15 is 0 Å². The monoisotopic (exact) mass is 361 g/mol. The van der Waals surface area contributed by atoms with Gasteiger partial charge in [-0.15, -0.1) is 0 Å². The van der Waals surface area contributed by atoms with Crippen molar-refractivity contribution in [3.05, 3.63) is 28.7 Å². The van der Waals surface area contributed by atoms with Crippen LogP contribution in [0.5, 0.6) is 0 Å². The number of carboxylic acids is 1. The zero-order valence-corrected chi connectivity index (χ0v) is 13.2. The molecule has 0 amide bonds. The number of halogens is 1. The molecule has 110 valence electrons. The van der Waals surface area contributed by atoms with Gasteiger partial charge in [0, 0.05) is 11.0 Å². The number of rotatable bonds is 5. The predicted molar refractivity (Wildman–Crippen MR) is 78.4 cm³/mol. The van der Waals surface area contributed by atoms with E-state index in [-0.39, 0.29) is 17.2 Å². The molecule has 0 bridgehead atoms. The van der Waals surface area contributed by atoms with Crippen LogP contribution in [0.25, 0.3) is 0 Å². The normalized spacial score (nSPS) is 20.1. The van der Waals surface area contributed by atoms with Gasteiger partial charge in [0.05, 0.1) is 10.6 Å². The summed E-state index contributed by atoms with van der Waals surface area (Å²) in [5, 5.41) is 9.07. The molecule has 20 heavy (non-hydrogen) atoms. The highest BCUT2D eigenvalue weighted by molar-refractivity contribution is 9.10. The summed E-state index contributed by atoms with van der Waals surface area (Å²) in [6.45, 7) is 0.900. The second-order valence-electron chi connectivity index (χ2n) is 4.81. The molecule has 0 unspecified atom stereocenters. The molecule has 1 saturated heterocycles. The molecule has 1 aromatic rings. The summed E-state index contributed by atoms with van der Waals surface area (Å²) in [6.07, 6.45) is 1.39. The Hall–Kier alpha value is -0.920. The van der Waals surface area contributed by atoms with Gasteiger partial charge >= 0.3 is 5.97 Å². The molecular weight excluding hydrogens is 346 g/mol. The van der Waals surface area contributed by atoms with Crippen molar-refractivity contribution < 1.29 is 18.3 Å². The van der Waals surface area contributed by atoms with Gasteiger partial charge in [-0.3, -0.25) is 9.69 Å². The van der Waals surface area contributed by atoms with Crippen LogP contribution in [-0.4, -0.2) is 49.3 Å². The van der Waals surface area contributed by atoms with E-state index in [4.69, 9.17) is 5.11 Å². The topological polar surface area (TPSA) is 74.7 Å². The number of sulfone groups is 1. The number of carboxylic acid groups (broad SMARTS) is 1. The largest absolute Gasteiger partial charge is 0.480 e. The van der Waals surface area contributed by atoms with E-state index in [0.717, 1.165) is 6.42 Å². The van der Waals surface area contributed by atoms with Crippen LogP contribution >= 0.6 is 15.9 Å². The predicted octanol–water partition coefficient (Wildman–Crippen LogP) is 1.77. The molecule has 1 aliphatic heterocycles. The maximum Gasteiger partial charge on any atom is 0.320 e. The molecule has 0 radical (unpaired) electrons. The fraction of sp³-hybridized carbons (Fsp3) is 0.462. The molecule has 1 fully saturated rings. The highest BCUT2D eigenvalue weighted by atomic mass is 79.9. The van der Waals surface area contributed by atoms with Crippen molar-refractivity contribution >= 4 is 31.7 Å². The minimum absolute atomic E-state index is 0.0623. The summed E-state index contributed by atoms with van der Waals surface area (Å²) >= 11 is 3.25. The highest BCUT2D eigenvalue weighted by Gasteiger charge is 2.31. The minimum Gasteiger partial charge on any atom is -0.480 e. The van der Waals surface area contributed by atoms with Gasteiger partial charge in [0.1, 0.15) is 6.04 Å². The Morgan fingerprint density at radius 3 is 2.85 bits per heavy atom. The Labute approximate surface area is 126 Å². The van der Waals surface area contributed by atoms with Gasteiger partial charge in [-0.2, -0.15) is 0 Å². The lowest BCUT2D eigenvalue weighted by Gasteiger charge is -2.20. The SMILES string of the molecule is O=C(O)[C@H]1CCCN1CCS(=O)(=O)c1cccc(Br)c1. The molecule has 1 aliphatic rings. The van der Waals surface area contributed by atoms with E-state index in [0.29, 0.717) is 17.4 Å². The number of carbonyl (C=O) groups is 1. The Balaban J connectivity index is 2.04. The van der Waals surface area contributed by atoms with Crippen LogP contribution in [0, 0.1) is 0 Å². The third kappa shape index (κ3) is 3.59. The van der Waals surface area contributed by atoms with E-state index in [2.05, 4.69) is 15.9 Å². The molecule has 1 aromatic carbocycles. The highest BCUT2D eigenvalue weighted by Crippen LogP contribution is 2.20. The van der Waals surface area contributed by atoms with Crippen molar-refractivity contribution in [1.29, 1.82) is 0 Å². The number of aliphatic carboxylic acids is 1. The van der Waals surface area contributed by atoms with Gasteiger partial charge in [0.2, 0.25) is 0 Å². The first kappa shape index (κ1) is 15.5. The number of benzene rings is 1. The minimum atomic E-state index is -3.38. The maximum absolute atomic E-state index is 12.2. The number of hydrogen-bond acceptors (Lipinski definition) is 4. The molecule has 1 heterocycles. The van der Waals surface area contributed by atoms with Crippen molar-refractivity contribution in [2.24, 2.45) is 0 Å². The van der Waals surface area contributed by atoms with Crippen LogP contribution < -0.4 is 0 Å². The van der Waals surface area contributed by atoms with Crippen LogP contribution in [0.1, 0.15) is 12.8 Å². The van der Waals surface area contributed by atoms with Gasteiger partial charge in [-0.05, 0) is 37.6 Å². The third-order valence-electron chi connectivity index (χ3n) is 3.45. The van der Waals surface area contributed by atoms with Crippen molar-refractivity contribution in [1.82, 2.24) is 4.90 Å². The van der Waals surface area contributed by atoms with E-state index in [1.807, 2.05) is 0 Å². The Kier molecular flexibility index (Phi) is 4.82.